The first kappa shape index (κ1) is 22.5. The number of esters is 1. The SMILES string of the molecule is CC(C)(C)OC(=O)CNS(=O)(=O)c1ccc(NC(=O)c2ccc3ccccc3c2)cc1. The molecule has 2 N–H and O–H groups in total. The van der Waals surface area contributed by atoms with Gasteiger partial charge in [0.1, 0.15) is 12.1 Å². The third-order valence-electron chi connectivity index (χ3n) is 4.26. The summed E-state index contributed by atoms with van der Waals surface area (Å²) in [5.74, 6) is -0.972. The zero-order valence-electron chi connectivity index (χ0n) is 17.5. The summed E-state index contributed by atoms with van der Waals surface area (Å²) in [7, 11) is -3.90. The second-order valence-electron chi connectivity index (χ2n) is 7.95. The Balaban J connectivity index is 1.64. The normalized spacial score (nSPS) is 11.8. The van der Waals surface area contributed by atoms with Gasteiger partial charge in [-0.1, -0.05) is 30.3 Å². The summed E-state index contributed by atoms with van der Waals surface area (Å²) >= 11 is 0. The van der Waals surface area contributed by atoms with Crippen molar-refractivity contribution in [1.29, 1.82) is 0 Å². The third-order valence-corrected chi connectivity index (χ3v) is 5.68. The highest BCUT2D eigenvalue weighted by molar-refractivity contribution is 7.89. The van der Waals surface area contributed by atoms with E-state index in [1.54, 1.807) is 32.9 Å². The molecule has 0 saturated heterocycles. The Bertz CT molecular complexity index is 1210. The lowest BCUT2D eigenvalue weighted by Crippen LogP contribution is -2.34. The monoisotopic (exact) mass is 440 g/mol. The summed E-state index contributed by atoms with van der Waals surface area (Å²) in [6, 6.07) is 18.8. The lowest BCUT2D eigenvalue weighted by atomic mass is 10.1. The molecule has 3 aromatic carbocycles. The van der Waals surface area contributed by atoms with Crippen LogP contribution in [0.15, 0.2) is 71.6 Å². The molecule has 0 aliphatic rings. The number of rotatable bonds is 6. The Hall–Kier alpha value is -3.23. The van der Waals surface area contributed by atoms with E-state index < -0.39 is 28.1 Å². The molecule has 0 bridgehead atoms. The van der Waals surface area contributed by atoms with Gasteiger partial charge in [0.15, 0.2) is 0 Å². The van der Waals surface area contributed by atoms with Crippen LogP contribution in [0.5, 0.6) is 0 Å². The number of hydrogen-bond donors (Lipinski definition) is 2. The number of ether oxygens (including phenoxy) is 1. The molecule has 0 aliphatic carbocycles. The van der Waals surface area contributed by atoms with E-state index in [2.05, 4.69) is 10.0 Å². The number of benzene rings is 3. The number of fused-ring (bicyclic) bond motifs is 1. The van der Waals surface area contributed by atoms with Crippen LogP contribution in [0.2, 0.25) is 0 Å². The molecular formula is C23H24N2O5S. The van der Waals surface area contributed by atoms with Crippen molar-refractivity contribution in [3.8, 4) is 0 Å². The average Bonchev–Trinajstić information content (AvgIpc) is 2.71. The van der Waals surface area contributed by atoms with E-state index >= 15 is 0 Å². The van der Waals surface area contributed by atoms with Gasteiger partial charge < -0.3 is 10.1 Å². The molecule has 0 spiro atoms. The van der Waals surface area contributed by atoms with Gasteiger partial charge in [-0.05, 0) is 67.9 Å². The number of anilines is 1. The van der Waals surface area contributed by atoms with E-state index in [4.69, 9.17) is 4.74 Å². The molecule has 31 heavy (non-hydrogen) atoms. The molecule has 1 amide bonds. The van der Waals surface area contributed by atoms with E-state index in [1.165, 1.54) is 24.3 Å². The predicted octanol–water partition coefficient (Wildman–Crippen LogP) is 3.71. The van der Waals surface area contributed by atoms with Gasteiger partial charge in [0.05, 0.1) is 4.90 Å². The standard InChI is InChI=1S/C23H24N2O5S/c1-23(2,3)30-21(26)15-24-31(28,29)20-12-10-19(11-13-20)25-22(27)18-9-8-16-6-4-5-7-17(16)14-18/h4-14,24H,15H2,1-3H3,(H,25,27). The van der Waals surface area contributed by atoms with Crippen molar-refractivity contribution in [2.24, 2.45) is 0 Å². The second-order valence-corrected chi connectivity index (χ2v) is 9.72. The fraction of sp³-hybridized carbons (Fsp3) is 0.217. The van der Waals surface area contributed by atoms with Gasteiger partial charge in [-0.3, -0.25) is 9.59 Å². The summed E-state index contributed by atoms with van der Waals surface area (Å²) in [4.78, 5) is 24.2. The quantitative estimate of drug-likeness (QED) is 0.569. The van der Waals surface area contributed by atoms with Crippen molar-refractivity contribution in [3.05, 3.63) is 72.3 Å². The van der Waals surface area contributed by atoms with Crippen LogP contribution in [-0.4, -0.2) is 32.4 Å². The van der Waals surface area contributed by atoms with Crippen LogP contribution in [0.25, 0.3) is 10.8 Å². The number of carbonyl (C=O) groups excluding carboxylic acids is 2. The summed E-state index contributed by atoms with van der Waals surface area (Å²) in [5.41, 5.74) is 0.242. The molecule has 0 aliphatic heterocycles. The van der Waals surface area contributed by atoms with Crippen molar-refractivity contribution in [2.75, 3.05) is 11.9 Å². The van der Waals surface area contributed by atoms with E-state index in [1.807, 2.05) is 30.3 Å². The van der Waals surface area contributed by atoms with Crippen molar-refractivity contribution < 1.29 is 22.7 Å². The molecule has 3 rings (SSSR count). The Morgan fingerprint density at radius 2 is 1.55 bits per heavy atom. The van der Waals surface area contributed by atoms with Crippen LogP contribution >= 0.6 is 0 Å². The third kappa shape index (κ3) is 6.13. The van der Waals surface area contributed by atoms with Gasteiger partial charge in [0.25, 0.3) is 5.91 Å². The molecular weight excluding hydrogens is 416 g/mol. The first-order chi connectivity index (χ1) is 14.5. The molecule has 0 fully saturated rings. The number of nitrogens with one attached hydrogen (secondary N) is 2. The first-order valence-corrected chi connectivity index (χ1v) is 11.1. The zero-order valence-corrected chi connectivity index (χ0v) is 18.3. The summed E-state index contributed by atoms with van der Waals surface area (Å²) < 4.78 is 32.0. The number of hydrogen-bond acceptors (Lipinski definition) is 5. The largest absolute Gasteiger partial charge is 0.459 e. The van der Waals surface area contributed by atoms with Gasteiger partial charge in [-0.15, -0.1) is 0 Å². The lowest BCUT2D eigenvalue weighted by molar-refractivity contribution is -0.153. The van der Waals surface area contributed by atoms with Crippen LogP contribution in [0.1, 0.15) is 31.1 Å². The molecule has 0 unspecified atom stereocenters. The van der Waals surface area contributed by atoms with Crippen LogP contribution in [0.3, 0.4) is 0 Å². The predicted molar refractivity (Wildman–Crippen MR) is 119 cm³/mol. The van der Waals surface area contributed by atoms with Crippen LogP contribution in [0, 0.1) is 0 Å². The van der Waals surface area contributed by atoms with Crippen LogP contribution < -0.4 is 10.0 Å². The fourth-order valence-corrected chi connectivity index (χ4v) is 3.84. The first-order valence-electron chi connectivity index (χ1n) is 9.65. The van der Waals surface area contributed by atoms with E-state index in [0.717, 1.165) is 10.8 Å². The minimum absolute atomic E-state index is 0.0280. The molecule has 8 heteroatoms. The Morgan fingerprint density at radius 3 is 2.19 bits per heavy atom. The molecule has 7 nitrogen and oxygen atoms in total. The zero-order chi connectivity index (χ0) is 22.6. The maximum Gasteiger partial charge on any atom is 0.321 e. The number of sulfonamides is 1. The minimum atomic E-state index is -3.90. The summed E-state index contributed by atoms with van der Waals surface area (Å²) in [6.07, 6.45) is 0. The molecule has 0 saturated carbocycles. The highest BCUT2D eigenvalue weighted by Gasteiger charge is 2.20. The molecule has 0 radical (unpaired) electrons. The fourth-order valence-electron chi connectivity index (χ4n) is 2.87. The van der Waals surface area contributed by atoms with Gasteiger partial charge in [0, 0.05) is 11.3 Å². The Morgan fingerprint density at radius 1 is 0.903 bits per heavy atom. The van der Waals surface area contributed by atoms with Crippen molar-refractivity contribution in [2.45, 2.75) is 31.3 Å². The minimum Gasteiger partial charge on any atom is -0.459 e. The van der Waals surface area contributed by atoms with Gasteiger partial charge >= 0.3 is 5.97 Å². The Labute approximate surface area is 181 Å². The number of carbonyl (C=O) groups is 2. The maximum atomic E-state index is 12.5. The highest BCUT2D eigenvalue weighted by Crippen LogP contribution is 2.18. The smallest absolute Gasteiger partial charge is 0.321 e. The molecule has 3 aromatic rings. The highest BCUT2D eigenvalue weighted by atomic mass is 32.2. The van der Waals surface area contributed by atoms with Crippen LogP contribution in [0.4, 0.5) is 5.69 Å². The lowest BCUT2D eigenvalue weighted by Gasteiger charge is -2.19. The molecule has 0 atom stereocenters. The van der Waals surface area contributed by atoms with E-state index in [0.29, 0.717) is 11.3 Å². The molecule has 0 heterocycles. The van der Waals surface area contributed by atoms with Crippen LogP contribution in [-0.2, 0) is 19.6 Å². The van der Waals surface area contributed by atoms with Gasteiger partial charge in [-0.2, -0.15) is 4.72 Å². The van der Waals surface area contributed by atoms with Crippen molar-refractivity contribution in [3.63, 3.8) is 0 Å². The van der Waals surface area contributed by atoms with Crippen molar-refractivity contribution >= 4 is 38.4 Å². The maximum absolute atomic E-state index is 12.5. The molecule has 162 valence electrons. The second kappa shape index (κ2) is 8.87. The van der Waals surface area contributed by atoms with Gasteiger partial charge in [-0.25, -0.2) is 8.42 Å². The summed E-state index contributed by atoms with van der Waals surface area (Å²) in [6.45, 7) is 4.62. The topological polar surface area (TPSA) is 102 Å². The van der Waals surface area contributed by atoms with E-state index in [-0.39, 0.29) is 10.8 Å². The van der Waals surface area contributed by atoms with Gasteiger partial charge in [0.2, 0.25) is 10.0 Å². The summed E-state index contributed by atoms with van der Waals surface area (Å²) in [5, 5.41) is 4.74. The Kier molecular flexibility index (Phi) is 6.42. The molecule has 0 aromatic heterocycles. The number of amides is 1. The van der Waals surface area contributed by atoms with E-state index in [9.17, 15) is 18.0 Å². The van der Waals surface area contributed by atoms with Crippen molar-refractivity contribution in [1.82, 2.24) is 4.72 Å². The average molecular weight is 441 g/mol.